The Morgan fingerprint density at radius 2 is 1.85 bits per heavy atom. The van der Waals surface area contributed by atoms with Crippen LogP contribution in [0.3, 0.4) is 0 Å². The van der Waals surface area contributed by atoms with Crippen molar-refractivity contribution in [2.75, 3.05) is 0 Å². The second-order valence-corrected chi connectivity index (χ2v) is 2.35. The Morgan fingerprint density at radius 3 is 2.15 bits per heavy atom. The Bertz CT molecular complexity index is 210. The molecule has 0 fully saturated rings. The average Bonchev–Trinajstić information content (AvgIpc) is 1.96. The topological polar surface area (TPSA) is 80.3 Å². The summed E-state index contributed by atoms with van der Waals surface area (Å²) in [6, 6.07) is 0. The van der Waals surface area contributed by atoms with Crippen molar-refractivity contribution in [1.29, 1.82) is 0 Å². The van der Waals surface area contributed by atoms with Crippen LogP contribution in [0.4, 0.5) is 0 Å². The van der Waals surface area contributed by atoms with Crippen LogP contribution in [0.25, 0.3) is 0 Å². The summed E-state index contributed by atoms with van der Waals surface area (Å²) in [5.74, 6) is -2.84. The normalized spacial score (nSPS) is 10.4. The number of aliphatic carboxylic acids is 2. The molecule has 0 saturated heterocycles. The third-order valence-electron chi connectivity index (χ3n) is 1.28. The summed E-state index contributed by atoms with van der Waals surface area (Å²) in [5.41, 5.74) is -0.211. The van der Waals surface area contributed by atoms with Gasteiger partial charge in [-0.15, -0.1) is 0 Å². The summed E-state index contributed by atoms with van der Waals surface area (Å²) in [6.07, 6.45) is 2.08. The van der Waals surface area contributed by atoms with E-state index in [2.05, 4.69) is 0 Å². The molecule has 0 heterocycles. The average molecular weight is 210 g/mol. The van der Waals surface area contributed by atoms with E-state index in [9.17, 15) is 19.8 Å². The summed E-state index contributed by atoms with van der Waals surface area (Å²) in [6.45, 7) is 1.86. The Kier molecular flexibility index (Phi) is 10.1. The number of carboxylic acid groups (broad SMARTS) is 2. The molecule has 0 aromatic heterocycles. The summed E-state index contributed by atoms with van der Waals surface area (Å²) in [4.78, 5) is 20.3. The smallest absolute Gasteiger partial charge is 0.550 e. The predicted molar refractivity (Wildman–Crippen MR) is 43.4 cm³/mol. The molecule has 0 aliphatic carbocycles. The SMILES string of the molecule is CCC/C=C(\CC(=O)[O-])C(=O)[O-].[Ca+2]. The molecular formula is C8H10CaO4. The standard InChI is InChI=1S/C8H12O4.Ca/c1-2-3-4-6(8(11)12)5-7(9)10;/h4H,2-3,5H2,1H3,(H,9,10)(H,11,12);/q;+2/p-2/b6-4+;. The molecule has 0 aliphatic rings. The van der Waals surface area contributed by atoms with Gasteiger partial charge in [0.15, 0.2) is 0 Å². The molecule has 68 valence electrons. The summed E-state index contributed by atoms with van der Waals surface area (Å²) in [7, 11) is 0. The monoisotopic (exact) mass is 210 g/mol. The van der Waals surface area contributed by atoms with Crippen LogP contribution in [0, 0.1) is 0 Å². The summed E-state index contributed by atoms with van der Waals surface area (Å²) >= 11 is 0. The van der Waals surface area contributed by atoms with Gasteiger partial charge in [0.1, 0.15) is 0 Å². The molecule has 0 saturated carbocycles. The number of carbonyl (C=O) groups is 2. The molecule has 0 N–H and O–H groups in total. The van der Waals surface area contributed by atoms with Gasteiger partial charge in [-0.05, 0) is 12.0 Å². The molecule has 0 aromatic carbocycles. The molecule has 0 aromatic rings. The number of hydrogen-bond donors (Lipinski definition) is 0. The molecule has 0 spiro atoms. The van der Waals surface area contributed by atoms with Crippen LogP contribution in [-0.2, 0) is 9.59 Å². The third kappa shape index (κ3) is 8.27. The first kappa shape index (κ1) is 15.4. The maximum atomic E-state index is 10.3. The Hall–Kier alpha value is -0.0603. The summed E-state index contributed by atoms with van der Waals surface area (Å²) < 4.78 is 0. The molecule has 0 bridgehead atoms. The van der Waals surface area contributed by atoms with Crippen molar-refractivity contribution in [3.05, 3.63) is 11.6 Å². The molecule has 0 radical (unpaired) electrons. The molecule has 0 unspecified atom stereocenters. The van der Waals surface area contributed by atoms with Gasteiger partial charge >= 0.3 is 37.7 Å². The molecule has 13 heavy (non-hydrogen) atoms. The zero-order chi connectivity index (χ0) is 9.56. The summed E-state index contributed by atoms with van der Waals surface area (Å²) in [5, 5.41) is 20.3. The van der Waals surface area contributed by atoms with Crippen LogP contribution >= 0.6 is 0 Å². The number of hydrogen-bond acceptors (Lipinski definition) is 4. The maximum absolute atomic E-state index is 10.3. The van der Waals surface area contributed by atoms with E-state index in [1.807, 2.05) is 6.92 Å². The molecular weight excluding hydrogens is 200 g/mol. The maximum Gasteiger partial charge on any atom is 2.00 e. The Labute approximate surface area is 107 Å². The first-order valence-corrected chi connectivity index (χ1v) is 3.68. The molecule has 4 nitrogen and oxygen atoms in total. The fourth-order valence-electron chi connectivity index (χ4n) is 0.702. The van der Waals surface area contributed by atoms with E-state index in [1.54, 1.807) is 0 Å². The van der Waals surface area contributed by atoms with Gasteiger partial charge in [0.05, 0.1) is 5.97 Å². The fraction of sp³-hybridized carbons (Fsp3) is 0.500. The first-order valence-electron chi connectivity index (χ1n) is 3.68. The van der Waals surface area contributed by atoms with E-state index in [1.165, 1.54) is 6.08 Å². The van der Waals surface area contributed by atoms with E-state index in [0.29, 0.717) is 6.42 Å². The van der Waals surface area contributed by atoms with Crippen LogP contribution in [-0.4, -0.2) is 49.7 Å². The van der Waals surface area contributed by atoms with Gasteiger partial charge in [0.2, 0.25) is 0 Å². The third-order valence-corrected chi connectivity index (χ3v) is 1.28. The molecule has 5 heteroatoms. The van der Waals surface area contributed by atoms with Crippen molar-refractivity contribution < 1.29 is 19.8 Å². The van der Waals surface area contributed by atoms with Crippen molar-refractivity contribution in [1.82, 2.24) is 0 Å². The quantitative estimate of drug-likeness (QED) is 0.397. The zero-order valence-electron chi connectivity index (χ0n) is 7.54. The van der Waals surface area contributed by atoms with Gasteiger partial charge in [-0.25, -0.2) is 0 Å². The molecule has 0 rings (SSSR count). The van der Waals surface area contributed by atoms with Crippen molar-refractivity contribution >= 4 is 49.7 Å². The number of carbonyl (C=O) groups excluding carboxylic acids is 2. The van der Waals surface area contributed by atoms with E-state index in [4.69, 9.17) is 0 Å². The number of unbranched alkanes of at least 4 members (excludes halogenated alkanes) is 1. The van der Waals surface area contributed by atoms with Crippen LogP contribution < -0.4 is 10.2 Å². The molecule has 0 atom stereocenters. The van der Waals surface area contributed by atoms with Crippen molar-refractivity contribution in [3.63, 3.8) is 0 Å². The van der Waals surface area contributed by atoms with Gasteiger partial charge in [0.25, 0.3) is 0 Å². The second kappa shape index (κ2) is 8.53. The Morgan fingerprint density at radius 1 is 1.31 bits per heavy atom. The van der Waals surface area contributed by atoms with Gasteiger partial charge in [-0.3, -0.25) is 0 Å². The molecule has 0 aliphatic heterocycles. The number of rotatable bonds is 5. The van der Waals surface area contributed by atoms with Crippen LogP contribution in [0.15, 0.2) is 11.6 Å². The van der Waals surface area contributed by atoms with E-state index >= 15 is 0 Å². The molecule has 0 amide bonds. The minimum absolute atomic E-state index is 0. The van der Waals surface area contributed by atoms with E-state index in [0.717, 1.165) is 6.42 Å². The zero-order valence-corrected chi connectivity index (χ0v) is 9.75. The first-order chi connectivity index (χ1) is 5.57. The van der Waals surface area contributed by atoms with Crippen molar-refractivity contribution in [2.45, 2.75) is 26.2 Å². The van der Waals surface area contributed by atoms with Crippen LogP contribution in [0.2, 0.25) is 0 Å². The van der Waals surface area contributed by atoms with Crippen LogP contribution in [0.1, 0.15) is 26.2 Å². The van der Waals surface area contributed by atoms with E-state index in [-0.39, 0.29) is 43.3 Å². The largest absolute Gasteiger partial charge is 2.00 e. The second-order valence-electron chi connectivity index (χ2n) is 2.35. The van der Waals surface area contributed by atoms with Crippen LogP contribution in [0.5, 0.6) is 0 Å². The van der Waals surface area contributed by atoms with Gasteiger partial charge in [0, 0.05) is 12.4 Å². The Balaban J connectivity index is 0. The van der Waals surface area contributed by atoms with Gasteiger partial charge in [-0.2, -0.15) is 0 Å². The van der Waals surface area contributed by atoms with Gasteiger partial charge < -0.3 is 19.8 Å². The van der Waals surface area contributed by atoms with Crippen molar-refractivity contribution in [2.24, 2.45) is 0 Å². The predicted octanol–water partition coefficient (Wildman–Crippen LogP) is -1.78. The van der Waals surface area contributed by atoms with Crippen molar-refractivity contribution in [3.8, 4) is 0 Å². The fourth-order valence-corrected chi connectivity index (χ4v) is 0.702. The van der Waals surface area contributed by atoms with E-state index < -0.39 is 18.4 Å². The minimum Gasteiger partial charge on any atom is -0.550 e. The number of carboxylic acids is 2. The minimum atomic E-state index is -1.44. The van der Waals surface area contributed by atoms with Gasteiger partial charge in [-0.1, -0.05) is 19.4 Å². The number of allylic oxidation sites excluding steroid dienone is 1.